The molecule has 0 spiro atoms. The number of carbonyl (C=O) groups is 1. The van der Waals surface area contributed by atoms with Crippen LogP contribution in [-0.2, 0) is 4.79 Å². The standard InChI is InChI=1S/C11H16O/c1-3-6-10-7-4-5-8-11(10)9(2)12/h1,10-11H,4-8H2,2H3/t10-,11-/m0/s1. The summed E-state index contributed by atoms with van der Waals surface area (Å²) in [7, 11) is 0. The summed E-state index contributed by atoms with van der Waals surface area (Å²) < 4.78 is 0. The molecule has 0 aromatic rings. The predicted octanol–water partition coefficient (Wildman–Crippen LogP) is 2.41. The number of rotatable bonds is 2. The van der Waals surface area contributed by atoms with E-state index in [9.17, 15) is 4.79 Å². The van der Waals surface area contributed by atoms with Gasteiger partial charge in [0.2, 0.25) is 0 Å². The van der Waals surface area contributed by atoms with Crippen molar-refractivity contribution in [3.05, 3.63) is 0 Å². The van der Waals surface area contributed by atoms with E-state index in [0.29, 0.717) is 11.7 Å². The van der Waals surface area contributed by atoms with E-state index in [2.05, 4.69) is 5.92 Å². The highest BCUT2D eigenvalue weighted by molar-refractivity contribution is 5.78. The van der Waals surface area contributed by atoms with Gasteiger partial charge in [-0.15, -0.1) is 12.3 Å². The van der Waals surface area contributed by atoms with E-state index in [-0.39, 0.29) is 5.92 Å². The van der Waals surface area contributed by atoms with E-state index in [1.54, 1.807) is 6.92 Å². The van der Waals surface area contributed by atoms with Crippen molar-refractivity contribution in [3.63, 3.8) is 0 Å². The highest BCUT2D eigenvalue weighted by atomic mass is 16.1. The number of hydrogen-bond donors (Lipinski definition) is 0. The van der Waals surface area contributed by atoms with Gasteiger partial charge in [0.15, 0.2) is 0 Å². The minimum atomic E-state index is 0.259. The molecule has 0 aromatic heterocycles. The Morgan fingerprint density at radius 3 is 2.75 bits per heavy atom. The van der Waals surface area contributed by atoms with Gasteiger partial charge in [0.05, 0.1) is 0 Å². The van der Waals surface area contributed by atoms with E-state index in [0.717, 1.165) is 19.3 Å². The van der Waals surface area contributed by atoms with Crippen LogP contribution in [0.15, 0.2) is 0 Å². The fraction of sp³-hybridized carbons (Fsp3) is 0.727. The van der Waals surface area contributed by atoms with Crippen molar-refractivity contribution in [2.24, 2.45) is 11.8 Å². The molecule has 0 bridgehead atoms. The van der Waals surface area contributed by atoms with E-state index in [1.165, 1.54) is 12.8 Å². The minimum absolute atomic E-state index is 0.259. The van der Waals surface area contributed by atoms with Crippen LogP contribution in [0.4, 0.5) is 0 Å². The maximum Gasteiger partial charge on any atom is 0.133 e. The lowest BCUT2D eigenvalue weighted by atomic mass is 9.76. The Morgan fingerprint density at radius 2 is 2.17 bits per heavy atom. The predicted molar refractivity (Wildman–Crippen MR) is 49.6 cm³/mol. The maximum atomic E-state index is 11.2. The number of hydrogen-bond acceptors (Lipinski definition) is 1. The molecule has 1 aliphatic rings. The SMILES string of the molecule is C#CC[C@H]1CCCC[C@H]1C(C)=O. The van der Waals surface area contributed by atoms with Crippen LogP contribution in [0, 0.1) is 24.2 Å². The molecule has 1 fully saturated rings. The highest BCUT2D eigenvalue weighted by Gasteiger charge is 2.27. The Labute approximate surface area is 74.5 Å². The van der Waals surface area contributed by atoms with Crippen LogP contribution >= 0.6 is 0 Å². The van der Waals surface area contributed by atoms with Gasteiger partial charge in [-0.3, -0.25) is 4.79 Å². The molecule has 2 atom stereocenters. The second kappa shape index (κ2) is 4.30. The lowest BCUT2D eigenvalue weighted by Crippen LogP contribution is -2.25. The van der Waals surface area contributed by atoms with Gasteiger partial charge in [0.1, 0.15) is 5.78 Å². The first-order valence-corrected chi connectivity index (χ1v) is 4.69. The zero-order chi connectivity index (χ0) is 8.97. The molecular formula is C11H16O. The fourth-order valence-electron chi connectivity index (χ4n) is 2.14. The molecule has 66 valence electrons. The van der Waals surface area contributed by atoms with Crippen LogP contribution in [0.5, 0.6) is 0 Å². The van der Waals surface area contributed by atoms with Crippen molar-refractivity contribution < 1.29 is 4.79 Å². The second-order valence-electron chi connectivity index (χ2n) is 3.67. The average molecular weight is 164 g/mol. The van der Waals surface area contributed by atoms with Gasteiger partial charge >= 0.3 is 0 Å². The van der Waals surface area contributed by atoms with Crippen LogP contribution in [0.25, 0.3) is 0 Å². The van der Waals surface area contributed by atoms with Crippen molar-refractivity contribution in [2.45, 2.75) is 39.0 Å². The van der Waals surface area contributed by atoms with Gasteiger partial charge in [-0.05, 0) is 25.7 Å². The van der Waals surface area contributed by atoms with E-state index in [4.69, 9.17) is 6.42 Å². The number of Topliss-reactive ketones (excluding diaryl/α,β-unsaturated/α-hetero) is 1. The molecule has 1 aliphatic carbocycles. The third-order valence-electron chi connectivity index (χ3n) is 2.81. The van der Waals surface area contributed by atoms with Gasteiger partial charge in [-0.2, -0.15) is 0 Å². The van der Waals surface area contributed by atoms with Crippen molar-refractivity contribution in [1.82, 2.24) is 0 Å². The summed E-state index contributed by atoms with van der Waals surface area (Å²) in [5, 5.41) is 0. The first-order valence-electron chi connectivity index (χ1n) is 4.69. The van der Waals surface area contributed by atoms with Crippen LogP contribution in [0.1, 0.15) is 39.0 Å². The molecule has 12 heavy (non-hydrogen) atoms. The molecule has 0 aliphatic heterocycles. The van der Waals surface area contributed by atoms with E-state index < -0.39 is 0 Å². The zero-order valence-electron chi connectivity index (χ0n) is 7.68. The summed E-state index contributed by atoms with van der Waals surface area (Å²) in [5.41, 5.74) is 0. The molecule has 0 saturated heterocycles. The topological polar surface area (TPSA) is 17.1 Å². The molecule has 1 heteroatoms. The Morgan fingerprint density at radius 1 is 1.50 bits per heavy atom. The third kappa shape index (κ3) is 2.11. The van der Waals surface area contributed by atoms with Gasteiger partial charge in [-0.1, -0.05) is 12.8 Å². The molecule has 1 saturated carbocycles. The molecular weight excluding hydrogens is 148 g/mol. The van der Waals surface area contributed by atoms with Crippen molar-refractivity contribution >= 4 is 5.78 Å². The second-order valence-corrected chi connectivity index (χ2v) is 3.67. The Balaban J connectivity index is 2.55. The maximum absolute atomic E-state index is 11.2. The first-order chi connectivity index (χ1) is 5.75. The monoisotopic (exact) mass is 164 g/mol. The van der Waals surface area contributed by atoms with Crippen LogP contribution < -0.4 is 0 Å². The van der Waals surface area contributed by atoms with Gasteiger partial charge < -0.3 is 0 Å². The molecule has 0 amide bonds. The number of carbonyl (C=O) groups excluding carboxylic acids is 1. The smallest absolute Gasteiger partial charge is 0.133 e. The zero-order valence-corrected chi connectivity index (χ0v) is 7.68. The Kier molecular flexibility index (Phi) is 3.34. The van der Waals surface area contributed by atoms with Crippen LogP contribution in [0.3, 0.4) is 0 Å². The normalized spacial score (nSPS) is 29.3. The minimum Gasteiger partial charge on any atom is -0.300 e. The summed E-state index contributed by atoms with van der Waals surface area (Å²) in [4.78, 5) is 11.2. The largest absolute Gasteiger partial charge is 0.300 e. The van der Waals surface area contributed by atoms with Gasteiger partial charge in [0.25, 0.3) is 0 Å². The quantitative estimate of drug-likeness (QED) is 0.573. The summed E-state index contributed by atoms with van der Waals surface area (Å²) in [6.45, 7) is 1.69. The summed E-state index contributed by atoms with van der Waals surface area (Å²) in [6.07, 6.45) is 10.7. The van der Waals surface area contributed by atoms with Crippen molar-refractivity contribution in [2.75, 3.05) is 0 Å². The van der Waals surface area contributed by atoms with Crippen molar-refractivity contribution in [1.29, 1.82) is 0 Å². The van der Waals surface area contributed by atoms with Crippen LogP contribution in [-0.4, -0.2) is 5.78 Å². The van der Waals surface area contributed by atoms with Crippen LogP contribution in [0.2, 0.25) is 0 Å². The first kappa shape index (κ1) is 9.32. The molecule has 0 unspecified atom stereocenters. The molecule has 0 radical (unpaired) electrons. The summed E-state index contributed by atoms with van der Waals surface area (Å²) >= 11 is 0. The molecule has 0 aromatic carbocycles. The number of terminal acetylenes is 1. The van der Waals surface area contributed by atoms with E-state index >= 15 is 0 Å². The fourth-order valence-corrected chi connectivity index (χ4v) is 2.14. The average Bonchev–Trinajstić information content (AvgIpc) is 2.05. The van der Waals surface area contributed by atoms with E-state index in [1.807, 2.05) is 0 Å². The highest BCUT2D eigenvalue weighted by Crippen LogP contribution is 2.32. The summed E-state index contributed by atoms with van der Waals surface area (Å²) in [6, 6.07) is 0. The number of ketones is 1. The molecule has 1 rings (SSSR count). The van der Waals surface area contributed by atoms with Crippen molar-refractivity contribution in [3.8, 4) is 12.3 Å². The lowest BCUT2D eigenvalue weighted by Gasteiger charge is -2.28. The Bertz CT molecular complexity index is 200. The summed E-state index contributed by atoms with van der Waals surface area (Å²) in [5.74, 6) is 3.73. The Hall–Kier alpha value is -0.770. The van der Waals surface area contributed by atoms with Gasteiger partial charge in [0, 0.05) is 12.3 Å². The third-order valence-corrected chi connectivity index (χ3v) is 2.81. The molecule has 1 nitrogen and oxygen atoms in total. The lowest BCUT2D eigenvalue weighted by molar-refractivity contribution is -0.123. The van der Waals surface area contributed by atoms with Gasteiger partial charge in [-0.25, -0.2) is 0 Å². The molecule has 0 heterocycles. The molecule has 0 N–H and O–H groups in total.